The number of para-hydroxylation sites is 1. The Bertz CT molecular complexity index is 1190. The average Bonchev–Trinajstić information content (AvgIpc) is 3.31. The second kappa shape index (κ2) is 5.35. The van der Waals surface area contributed by atoms with Crippen LogP contribution in [0.3, 0.4) is 0 Å². The Balaban J connectivity index is 1.39. The first-order chi connectivity index (χ1) is 14.7. The fourth-order valence-electron chi connectivity index (χ4n) is 8.38. The molecule has 162 valence electrons. The SMILES string of the molecule is CC1(C)O[C@@]23CC[C@@]4(C)C(CC[C@H]5Cc6c([nH]c7ccccc67)[C@@]54C)C2=CC(=O)[C@@H]1O3. The first-order valence-corrected chi connectivity index (χ1v) is 11.9. The lowest BCUT2D eigenvalue weighted by atomic mass is 9.44. The van der Waals surface area contributed by atoms with Gasteiger partial charge in [0.25, 0.3) is 0 Å². The number of rotatable bonds is 0. The molecule has 0 radical (unpaired) electrons. The van der Waals surface area contributed by atoms with Crippen molar-refractivity contribution >= 4 is 16.7 Å². The molecular weight excluding hydrogens is 386 g/mol. The third-order valence-corrected chi connectivity index (χ3v) is 10.1. The predicted octanol–water partition coefficient (Wildman–Crippen LogP) is 5.21. The number of hydrogen-bond donors (Lipinski definition) is 1. The van der Waals surface area contributed by atoms with Crippen molar-refractivity contribution in [3.05, 3.63) is 47.2 Å². The van der Waals surface area contributed by atoms with Gasteiger partial charge in [0, 0.05) is 28.4 Å². The molecule has 3 aliphatic carbocycles. The summed E-state index contributed by atoms with van der Waals surface area (Å²) in [5.74, 6) is 0.335. The molecular formula is C27H31NO3. The van der Waals surface area contributed by atoms with Crippen molar-refractivity contribution in [1.29, 1.82) is 0 Å². The maximum absolute atomic E-state index is 13.0. The molecule has 2 aromatic rings. The molecule has 2 saturated carbocycles. The number of carbonyl (C=O) groups excluding carboxylic acids is 1. The van der Waals surface area contributed by atoms with Crippen LogP contribution in [-0.2, 0) is 26.1 Å². The van der Waals surface area contributed by atoms with Crippen LogP contribution in [0.2, 0.25) is 0 Å². The lowest BCUT2D eigenvalue weighted by Crippen LogP contribution is -2.60. The zero-order chi connectivity index (χ0) is 21.4. The van der Waals surface area contributed by atoms with Gasteiger partial charge in [-0.1, -0.05) is 32.0 Å². The summed E-state index contributed by atoms with van der Waals surface area (Å²) in [7, 11) is 0. The Hall–Kier alpha value is -1.91. The molecule has 2 bridgehead atoms. The monoisotopic (exact) mass is 417 g/mol. The molecule has 31 heavy (non-hydrogen) atoms. The van der Waals surface area contributed by atoms with Gasteiger partial charge in [-0.15, -0.1) is 0 Å². The number of aromatic nitrogens is 1. The van der Waals surface area contributed by atoms with Crippen molar-refractivity contribution in [1.82, 2.24) is 4.98 Å². The quantitative estimate of drug-likeness (QED) is 0.640. The normalized spacial score (nSPS) is 44.5. The maximum Gasteiger partial charge on any atom is 0.193 e. The molecule has 1 saturated heterocycles. The van der Waals surface area contributed by atoms with Gasteiger partial charge in [0.1, 0.15) is 5.60 Å². The molecule has 2 aliphatic heterocycles. The van der Waals surface area contributed by atoms with E-state index < -0.39 is 17.5 Å². The van der Waals surface area contributed by atoms with Crippen LogP contribution >= 0.6 is 0 Å². The molecule has 1 aromatic heterocycles. The van der Waals surface area contributed by atoms with Crippen LogP contribution in [-0.4, -0.2) is 28.3 Å². The zero-order valence-corrected chi connectivity index (χ0v) is 18.9. The largest absolute Gasteiger partial charge is 0.358 e. The number of aromatic amines is 1. The van der Waals surface area contributed by atoms with E-state index >= 15 is 0 Å². The summed E-state index contributed by atoms with van der Waals surface area (Å²) in [6.45, 7) is 8.98. The van der Waals surface area contributed by atoms with E-state index in [0.717, 1.165) is 31.3 Å². The smallest absolute Gasteiger partial charge is 0.193 e. The van der Waals surface area contributed by atoms with Gasteiger partial charge in [-0.05, 0) is 80.1 Å². The van der Waals surface area contributed by atoms with Crippen molar-refractivity contribution in [2.45, 2.75) is 82.7 Å². The van der Waals surface area contributed by atoms with Gasteiger partial charge in [0.15, 0.2) is 17.7 Å². The summed E-state index contributed by atoms with van der Waals surface area (Å²) in [4.78, 5) is 16.9. The van der Waals surface area contributed by atoms with E-state index in [-0.39, 0.29) is 16.6 Å². The third kappa shape index (κ3) is 1.95. The van der Waals surface area contributed by atoms with E-state index in [1.807, 2.05) is 19.9 Å². The van der Waals surface area contributed by atoms with Gasteiger partial charge in [-0.2, -0.15) is 0 Å². The van der Waals surface area contributed by atoms with Crippen molar-refractivity contribution in [3.8, 4) is 0 Å². The summed E-state index contributed by atoms with van der Waals surface area (Å²) in [5, 5.41) is 1.39. The van der Waals surface area contributed by atoms with Crippen LogP contribution in [0.1, 0.15) is 64.6 Å². The summed E-state index contributed by atoms with van der Waals surface area (Å²) >= 11 is 0. The fourth-order valence-corrected chi connectivity index (χ4v) is 8.38. The van der Waals surface area contributed by atoms with Crippen molar-refractivity contribution in [3.63, 3.8) is 0 Å². The number of ether oxygens (including phenoxy) is 2. The highest BCUT2D eigenvalue weighted by Crippen LogP contribution is 2.70. The van der Waals surface area contributed by atoms with Crippen LogP contribution in [0.25, 0.3) is 10.9 Å². The Morgan fingerprint density at radius 2 is 1.87 bits per heavy atom. The molecule has 5 aliphatic rings. The molecule has 6 atom stereocenters. The van der Waals surface area contributed by atoms with E-state index in [4.69, 9.17) is 9.47 Å². The molecule has 0 amide bonds. The van der Waals surface area contributed by atoms with E-state index in [1.54, 1.807) is 0 Å². The van der Waals surface area contributed by atoms with Crippen LogP contribution in [0, 0.1) is 17.3 Å². The number of nitrogens with one attached hydrogen (secondary N) is 1. The van der Waals surface area contributed by atoms with Gasteiger partial charge in [0.2, 0.25) is 0 Å². The standard InChI is InChI=1S/C27H31NO3/c1-24(2)23-21(29)14-19-18-10-9-15-13-17-16-7-5-6-8-20(16)28-22(17)26(15,4)25(18,3)11-12-27(19,30-23)31-24/h5-8,14-15,18,23,28H,9-13H2,1-4H3/t15-,18?,23-,25-,26+,27-/m0/s1. The number of ketones is 1. The Labute approximate surface area is 183 Å². The molecule has 4 heteroatoms. The third-order valence-electron chi connectivity index (χ3n) is 10.1. The van der Waals surface area contributed by atoms with Gasteiger partial charge in [0.05, 0.1) is 0 Å². The highest BCUT2D eigenvalue weighted by atomic mass is 16.8. The minimum absolute atomic E-state index is 0.0563. The van der Waals surface area contributed by atoms with E-state index in [1.165, 1.54) is 28.6 Å². The van der Waals surface area contributed by atoms with E-state index in [2.05, 4.69) is 43.1 Å². The van der Waals surface area contributed by atoms with Crippen LogP contribution in [0.5, 0.6) is 0 Å². The van der Waals surface area contributed by atoms with Crippen LogP contribution < -0.4 is 0 Å². The Kier molecular flexibility index (Phi) is 3.22. The number of H-pyrrole nitrogens is 1. The molecule has 1 unspecified atom stereocenters. The highest BCUT2D eigenvalue weighted by Gasteiger charge is 2.69. The first-order valence-electron chi connectivity index (χ1n) is 11.9. The zero-order valence-electron chi connectivity index (χ0n) is 18.9. The predicted molar refractivity (Wildman–Crippen MR) is 119 cm³/mol. The molecule has 3 heterocycles. The van der Waals surface area contributed by atoms with Crippen molar-refractivity contribution < 1.29 is 14.3 Å². The van der Waals surface area contributed by atoms with E-state index in [0.29, 0.717) is 11.8 Å². The number of benzene rings is 1. The number of carbonyl (C=O) groups is 1. The molecule has 1 N–H and O–H groups in total. The Morgan fingerprint density at radius 1 is 1.06 bits per heavy atom. The molecule has 3 fully saturated rings. The lowest BCUT2D eigenvalue weighted by Gasteiger charge is -2.61. The van der Waals surface area contributed by atoms with Crippen LogP contribution in [0.4, 0.5) is 0 Å². The van der Waals surface area contributed by atoms with Crippen LogP contribution in [0.15, 0.2) is 35.9 Å². The summed E-state index contributed by atoms with van der Waals surface area (Å²) in [6.07, 6.45) is 6.78. The maximum atomic E-state index is 13.0. The second-order valence-electron chi connectivity index (χ2n) is 11.6. The first kappa shape index (κ1) is 18.6. The molecule has 1 aromatic carbocycles. The van der Waals surface area contributed by atoms with Gasteiger partial charge in [-0.3, -0.25) is 4.79 Å². The summed E-state index contributed by atoms with van der Waals surface area (Å²) in [5.41, 5.74) is 4.89. The topological polar surface area (TPSA) is 51.3 Å². The molecule has 1 spiro atoms. The lowest BCUT2D eigenvalue weighted by molar-refractivity contribution is -0.205. The summed E-state index contributed by atoms with van der Waals surface area (Å²) in [6, 6.07) is 8.75. The van der Waals surface area contributed by atoms with Crippen molar-refractivity contribution in [2.75, 3.05) is 0 Å². The minimum Gasteiger partial charge on any atom is -0.358 e. The molecule has 4 nitrogen and oxygen atoms in total. The number of fused-ring (bicyclic) bond motifs is 9. The summed E-state index contributed by atoms with van der Waals surface area (Å²) < 4.78 is 13.0. The van der Waals surface area contributed by atoms with Gasteiger partial charge in [-0.25, -0.2) is 0 Å². The van der Waals surface area contributed by atoms with E-state index in [9.17, 15) is 4.79 Å². The second-order valence-corrected chi connectivity index (χ2v) is 11.6. The average molecular weight is 418 g/mol. The highest BCUT2D eigenvalue weighted by molar-refractivity contribution is 5.97. The Morgan fingerprint density at radius 3 is 2.71 bits per heavy atom. The molecule has 7 rings (SSSR count). The minimum atomic E-state index is -0.697. The van der Waals surface area contributed by atoms with Crippen molar-refractivity contribution in [2.24, 2.45) is 17.3 Å². The van der Waals surface area contributed by atoms with Gasteiger partial charge < -0.3 is 14.5 Å². The van der Waals surface area contributed by atoms with Gasteiger partial charge >= 0.3 is 0 Å². The fraction of sp³-hybridized carbons (Fsp3) is 0.593. The number of hydrogen-bond acceptors (Lipinski definition) is 3.